The molecule has 1 aliphatic heterocycles. The van der Waals surface area contributed by atoms with Crippen molar-refractivity contribution in [1.29, 1.82) is 0 Å². The van der Waals surface area contributed by atoms with Crippen LogP contribution in [0.15, 0.2) is 48.5 Å². The average molecular weight is 332 g/mol. The van der Waals surface area contributed by atoms with Crippen LogP contribution in [0.25, 0.3) is 22.0 Å². The maximum atomic E-state index is 11.6. The van der Waals surface area contributed by atoms with E-state index in [4.69, 9.17) is 4.74 Å². The number of pyridine rings is 1. The van der Waals surface area contributed by atoms with Crippen LogP contribution in [0, 0.1) is 0 Å². The Bertz CT molecular complexity index is 965. The highest BCUT2D eigenvalue weighted by molar-refractivity contribution is 5.95. The predicted molar refractivity (Wildman–Crippen MR) is 98.5 cm³/mol. The van der Waals surface area contributed by atoms with E-state index in [9.17, 15) is 4.79 Å². The van der Waals surface area contributed by atoms with Crippen molar-refractivity contribution in [2.45, 2.75) is 19.9 Å². The van der Waals surface area contributed by atoms with Gasteiger partial charge in [-0.15, -0.1) is 0 Å². The van der Waals surface area contributed by atoms with Gasteiger partial charge >= 0.3 is 0 Å². The third-order valence-corrected chi connectivity index (χ3v) is 4.88. The number of fused-ring (bicyclic) bond motifs is 2. The first-order valence-electron chi connectivity index (χ1n) is 8.47. The Labute approximate surface area is 147 Å². The molecule has 0 radical (unpaired) electrons. The molecule has 4 nitrogen and oxygen atoms in total. The third kappa shape index (κ3) is 2.84. The summed E-state index contributed by atoms with van der Waals surface area (Å²) in [5, 5.41) is 1.12. The number of rotatable bonds is 2. The molecule has 4 heteroatoms. The molecule has 0 atom stereocenters. The molecular weight excluding hydrogens is 312 g/mol. The van der Waals surface area contributed by atoms with E-state index in [1.165, 1.54) is 11.1 Å². The highest BCUT2D eigenvalue weighted by Gasteiger charge is 2.19. The van der Waals surface area contributed by atoms with Gasteiger partial charge in [0.05, 0.1) is 12.6 Å². The van der Waals surface area contributed by atoms with Gasteiger partial charge in [-0.2, -0.15) is 0 Å². The van der Waals surface area contributed by atoms with E-state index in [0.29, 0.717) is 12.4 Å². The number of carbonyl (C=O) groups is 1. The summed E-state index contributed by atoms with van der Waals surface area (Å²) in [7, 11) is 1.64. The molecule has 25 heavy (non-hydrogen) atoms. The highest BCUT2D eigenvalue weighted by atomic mass is 16.5. The summed E-state index contributed by atoms with van der Waals surface area (Å²) in [6.07, 6.45) is 0.892. The van der Waals surface area contributed by atoms with Crippen LogP contribution in [0.1, 0.15) is 18.1 Å². The van der Waals surface area contributed by atoms with Gasteiger partial charge in [-0.3, -0.25) is 4.79 Å². The monoisotopic (exact) mass is 332 g/mol. The minimum atomic E-state index is 0.139. The molecule has 0 saturated carbocycles. The first-order chi connectivity index (χ1) is 12.2. The number of hydrogen-bond donors (Lipinski definition) is 0. The second-order valence-electron chi connectivity index (χ2n) is 6.40. The first kappa shape index (κ1) is 15.6. The molecular formula is C21H20N2O2. The van der Waals surface area contributed by atoms with Gasteiger partial charge in [0.25, 0.3) is 0 Å². The molecule has 0 bridgehead atoms. The molecule has 0 spiro atoms. The predicted octanol–water partition coefficient (Wildman–Crippen LogP) is 3.82. The molecule has 0 aliphatic carbocycles. The van der Waals surface area contributed by atoms with E-state index in [-0.39, 0.29) is 5.91 Å². The van der Waals surface area contributed by atoms with Crippen LogP contribution in [0.5, 0.6) is 5.88 Å². The van der Waals surface area contributed by atoms with Crippen LogP contribution in [0.4, 0.5) is 0 Å². The Hall–Kier alpha value is -2.88. The van der Waals surface area contributed by atoms with Crippen LogP contribution in [0.2, 0.25) is 0 Å². The topological polar surface area (TPSA) is 42.4 Å². The lowest BCUT2D eigenvalue weighted by molar-refractivity contribution is -0.129. The molecule has 2 heterocycles. The normalized spacial score (nSPS) is 13.6. The molecule has 3 aromatic rings. The molecule has 1 aliphatic rings. The van der Waals surface area contributed by atoms with Crippen molar-refractivity contribution < 1.29 is 9.53 Å². The summed E-state index contributed by atoms with van der Waals surface area (Å²) in [6.45, 7) is 3.12. The van der Waals surface area contributed by atoms with E-state index in [2.05, 4.69) is 29.2 Å². The smallest absolute Gasteiger partial charge is 0.219 e. The molecule has 126 valence electrons. The molecule has 0 saturated heterocycles. The van der Waals surface area contributed by atoms with Gasteiger partial charge in [-0.05, 0) is 34.7 Å². The van der Waals surface area contributed by atoms with Crippen molar-refractivity contribution >= 4 is 16.8 Å². The number of amides is 1. The lowest BCUT2D eigenvalue weighted by atomic mass is 9.93. The standard InChI is InChI=1S/C21H20N2O2/c1-14(24)23-10-9-15-11-16(7-8-17(15)13-23)19-12-21(25-2)22-20-6-4-3-5-18(19)20/h3-8,11-12H,9-10,13H2,1-2H3. The van der Waals surface area contributed by atoms with E-state index in [1.54, 1.807) is 14.0 Å². The number of hydrogen-bond acceptors (Lipinski definition) is 3. The fraction of sp³-hybridized carbons (Fsp3) is 0.238. The maximum Gasteiger partial charge on any atom is 0.219 e. The van der Waals surface area contributed by atoms with Gasteiger partial charge in [0.15, 0.2) is 0 Å². The van der Waals surface area contributed by atoms with Crippen LogP contribution in [-0.2, 0) is 17.8 Å². The zero-order valence-corrected chi connectivity index (χ0v) is 14.5. The van der Waals surface area contributed by atoms with Crippen molar-refractivity contribution in [2.75, 3.05) is 13.7 Å². The molecule has 1 aromatic heterocycles. The van der Waals surface area contributed by atoms with Gasteiger partial charge in [-0.25, -0.2) is 4.98 Å². The Morgan fingerprint density at radius 2 is 1.96 bits per heavy atom. The average Bonchev–Trinajstić information content (AvgIpc) is 2.66. The van der Waals surface area contributed by atoms with Gasteiger partial charge in [0.1, 0.15) is 0 Å². The van der Waals surface area contributed by atoms with E-state index >= 15 is 0 Å². The van der Waals surface area contributed by atoms with Crippen LogP contribution >= 0.6 is 0 Å². The van der Waals surface area contributed by atoms with Crippen molar-refractivity contribution in [3.8, 4) is 17.0 Å². The maximum absolute atomic E-state index is 11.6. The number of carbonyl (C=O) groups excluding carboxylic acids is 1. The minimum absolute atomic E-state index is 0.139. The Balaban J connectivity index is 1.81. The van der Waals surface area contributed by atoms with E-state index in [1.807, 2.05) is 29.2 Å². The van der Waals surface area contributed by atoms with Crippen molar-refractivity contribution in [3.63, 3.8) is 0 Å². The fourth-order valence-corrected chi connectivity index (χ4v) is 3.48. The number of aromatic nitrogens is 1. The molecule has 1 amide bonds. The van der Waals surface area contributed by atoms with Crippen molar-refractivity contribution in [1.82, 2.24) is 9.88 Å². The summed E-state index contributed by atoms with van der Waals surface area (Å²) in [4.78, 5) is 18.0. The summed E-state index contributed by atoms with van der Waals surface area (Å²) < 4.78 is 5.38. The SMILES string of the molecule is COc1cc(-c2ccc3c(c2)CCN(C(C)=O)C3)c2ccccc2n1. The van der Waals surface area contributed by atoms with Gasteiger partial charge in [0.2, 0.25) is 11.8 Å². The molecule has 0 N–H and O–H groups in total. The molecule has 0 fully saturated rings. The molecule has 4 rings (SSSR count). The number of methoxy groups -OCH3 is 1. The summed E-state index contributed by atoms with van der Waals surface area (Å²) >= 11 is 0. The Kier molecular flexibility index (Phi) is 3.88. The highest BCUT2D eigenvalue weighted by Crippen LogP contribution is 2.33. The summed E-state index contributed by atoms with van der Waals surface area (Å²) in [5.41, 5.74) is 5.76. The molecule has 2 aromatic carbocycles. The van der Waals surface area contributed by atoms with Crippen LogP contribution in [0.3, 0.4) is 0 Å². The Morgan fingerprint density at radius 3 is 2.76 bits per heavy atom. The second-order valence-corrected chi connectivity index (χ2v) is 6.40. The van der Waals surface area contributed by atoms with Crippen LogP contribution < -0.4 is 4.74 Å². The van der Waals surface area contributed by atoms with Gasteiger partial charge in [-0.1, -0.05) is 36.4 Å². The van der Waals surface area contributed by atoms with Crippen LogP contribution in [-0.4, -0.2) is 29.4 Å². The van der Waals surface area contributed by atoms with Gasteiger partial charge in [0, 0.05) is 31.5 Å². The van der Waals surface area contributed by atoms with Crippen molar-refractivity contribution in [2.24, 2.45) is 0 Å². The number of ether oxygens (including phenoxy) is 1. The van der Waals surface area contributed by atoms with E-state index in [0.717, 1.165) is 35.0 Å². The quantitative estimate of drug-likeness (QED) is 0.716. The van der Waals surface area contributed by atoms with Gasteiger partial charge < -0.3 is 9.64 Å². The summed E-state index contributed by atoms with van der Waals surface area (Å²) in [6, 6.07) is 16.6. The lowest BCUT2D eigenvalue weighted by Crippen LogP contribution is -2.34. The number of benzene rings is 2. The minimum Gasteiger partial charge on any atom is -0.481 e. The fourth-order valence-electron chi connectivity index (χ4n) is 3.48. The number of para-hydroxylation sites is 1. The second kappa shape index (κ2) is 6.20. The first-order valence-corrected chi connectivity index (χ1v) is 8.47. The zero-order chi connectivity index (χ0) is 17.4. The van der Waals surface area contributed by atoms with Crippen molar-refractivity contribution in [3.05, 3.63) is 59.7 Å². The zero-order valence-electron chi connectivity index (χ0n) is 14.5. The van der Waals surface area contributed by atoms with E-state index < -0.39 is 0 Å². The summed E-state index contributed by atoms with van der Waals surface area (Å²) in [5.74, 6) is 0.758. The third-order valence-electron chi connectivity index (χ3n) is 4.88. The largest absolute Gasteiger partial charge is 0.481 e. The molecule has 0 unspecified atom stereocenters. The Morgan fingerprint density at radius 1 is 1.12 bits per heavy atom. The number of nitrogens with zero attached hydrogens (tertiary/aromatic N) is 2. The lowest BCUT2D eigenvalue weighted by Gasteiger charge is -2.28.